The molecule has 0 bridgehead atoms. The van der Waals surface area contributed by atoms with E-state index in [-0.39, 0.29) is 11.9 Å². The lowest BCUT2D eigenvalue weighted by Gasteiger charge is -2.25. The van der Waals surface area contributed by atoms with Gasteiger partial charge in [-0.1, -0.05) is 0 Å². The number of nitrogens with zero attached hydrogens (tertiary/aromatic N) is 2. The molecule has 1 heterocycles. The predicted octanol–water partition coefficient (Wildman–Crippen LogP) is 2.34. The van der Waals surface area contributed by atoms with Crippen molar-refractivity contribution in [1.82, 2.24) is 9.88 Å². The van der Waals surface area contributed by atoms with Crippen LogP contribution in [0, 0.1) is 0 Å². The van der Waals surface area contributed by atoms with E-state index in [1.54, 1.807) is 29.1 Å². The van der Waals surface area contributed by atoms with Gasteiger partial charge >= 0.3 is 0 Å². The zero-order valence-electron chi connectivity index (χ0n) is 11.4. The third-order valence-corrected chi connectivity index (χ3v) is 3.62. The first-order valence-electron chi connectivity index (χ1n) is 6.05. The van der Waals surface area contributed by atoms with Gasteiger partial charge in [0.1, 0.15) is 0 Å². The maximum absolute atomic E-state index is 12.4. The second-order valence-electron chi connectivity index (χ2n) is 4.17. The van der Waals surface area contributed by atoms with E-state index in [0.717, 1.165) is 18.0 Å². The van der Waals surface area contributed by atoms with Crippen LogP contribution >= 0.6 is 11.8 Å². The molecule has 0 saturated carbocycles. The summed E-state index contributed by atoms with van der Waals surface area (Å²) in [6.07, 6.45) is 5.37. The number of hydrogen-bond donors (Lipinski definition) is 1. The van der Waals surface area contributed by atoms with E-state index in [0.29, 0.717) is 5.56 Å². The maximum atomic E-state index is 12.4. The summed E-state index contributed by atoms with van der Waals surface area (Å²) in [7, 11) is 1.84. The van der Waals surface area contributed by atoms with Crippen LogP contribution in [0.1, 0.15) is 24.2 Å². The predicted molar refractivity (Wildman–Crippen MR) is 78.3 cm³/mol. The van der Waals surface area contributed by atoms with E-state index in [4.69, 9.17) is 0 Å². The highest BCUT2D eigenvalue weighted by Gasteiger charge is 2.19. The summed E-state index contributed by atoms with van der Waals surface area (Å²) in [6.45, 7) is 4.85. The van der Waals surface area contributed by atoms with Crippen molar-refractivity contribution >= 4 is 23.4 Å². The Morgan fingerprint density at radius 1 is 1.61 bits per heavy atom. The Kier molecular flexibility index (Phi) is 5.98. The molecule has 5 heteroatoms. The maximum Gasteiger partial charge on any atom is 0.257 e. The number of aromatic nitrogens is 1. The van der Waals surface area contributed by atoms with Gasteiger partial charge in [-0.05, 0) is 26.2 Å². The highest BCUT2D eigenvalue weighted by Crippen LogP contribution is 2.17. The summed E-state index contributed by atoms with van der Waals surface area (Å²) >= 11 is 1.74. The zero-order chi connectivity index (χ0) is 13.5. The van der Waals surface area contributed by atoms with E-state index >= 15 is 0 Å². The van der Waals surface area contributed by atoms with Gasteiger partial charge < -0.3 is 10.2 Å². The van der Waals surface area contributed by atoms with Crippen LogP contribution in [0.2, 0.25) is 0 Å². The third-order valence-electron chi connectivity index (χ3n) is 2.81. The topological polar surface area (TPSA) is 45.2 Å². The molecule has 0 radical (unpaired) electrons. The summed E-state index contributed by atoms with van der Waals surface area (Å²) < 4.78 is 0. The van der Waals surface area contributed by atoms with Gasteiger partial charge in [0.25, 0.3) is 5.91 Å². The molecule has 18 heavy (non-hydrogen) atoms. The first kappa shape index (κ1) is 14.8. The number of thioether (sulfide) groups is 1. The molecule has 0 fully saturated rings. The molecule has 1 aromatic rings. The number of carbonyl (C=O) groups excluding carboxylic acids is 1. The van der Waals surface area contributed by atoms with Crippen LogP contribution in [0.4, 0.5) is 5.69 Å². The molecule has 0 saturated heterocycles. The minimum Gasteiger partial charge on any atom is -0.385 e. The van der Waals surface area contributed by atoms with Gasteiger partial charge in [-0.2, -0.15) is 11.8 Å². The third kappa shape index (κ3) is 3.63. The van der Waals surface area contributed by atoms with Crippen LogP contribution in [0.15, 0.2) is 18.5 Å². The number of amides is 1. The minimum absolute atomic E-state index is 0.0144. The molecule has 0 spiro atoms. The summed E-state index contributed by atoms with van der Waals surface area (Å²) in [5, 5.41) is 3.19. The van der Waals surface area contributed by atoms with E-state index in [9.17, 15) is 4.79 Å². The molecular weight excluding hydrogens is 246 g/mol. The summed E-state index contributed by atoms with van der Waals surface area (Å²) in [5.41, 5.74) is 1.48. The van der Waals surface area contributed by atoms with Crippen LogP contribution in [0.25, 0.3) is 0 Å². The molecule has 1 amide bonds. The minimum atomic E-state index is 0.0144. The average molecular weight is 267 g/mol. The van der Waals surface area contributed by atoms with Crippen LogP contribution in [0.5, 0.6) is 0 Å². The fourth-order valence-electron chi connectivity index (χ4n) is 1.65. The zero-order valence-corrected chi connectivity index (χ0v) is 12.3. The van der Waals surface area contributed by atoms with Gasteiger partial charge in [-0.3, -0.25) is 9.78 Å². The number of nitrogens with one attached hydrogen (secondary N) is 1. The fraction of sp³-hybridized carbons (Fsp3) is 0.538. The molecule has 1 N–H and O–H groups in total. The average Bonchev–Trinajstić information content (AvgIpc) is 2.38. The van der Waals surface area contributed by atoms with Crippen molar-refractivity contribution in [2.75, 3.05) is 30.9 Å². The molecule has 1 aromatic heterocycles. The summed E-state index contributed by atoms with van der Waals surface area (Å²) in [6, 6.07) is 2.05. The molecule has 0 aliphatic rings. The SMILES string of the molecule is CCNc1ccncc1C(=O)N(C)C(C)CSC. The number of rotatable bonds is 6. The van der Waals surface area contributed by atoms with Crippen molar-refractivity contribution in [3.05, 3.63) is 24.0 Å². The monoisotopic (exact) mass is 267 g/mol. The van der Waals surface area contributed by atoms with Crippen molar-refractivity contribution in [2.45, 2.75) is 19.9 Å². The van der Waals surface area contributed by atoms with E-state index in [1.807, 2.05) is 26.3 Å². The lowest BCUT2D eigenvalue weighted by Crippen LogP contribution is -2.37. The molecule has 1 unspecified atom stereocenters. The van der Waals surface area contributed by atoms with Crippen LogP contribution in [-0.4, -0.2) is 47.4 Å². The first-order chi connectivity index (χ1) is 8.61. The van der Waals surface area contributed by atoms with Crippen molar-refractivity contribution < 1.29 is 4.79 Å². The Bertz CT molecular complexity index is 398. The van der Waals surface area contributed by atoms with E-state index < -0.39 is 0 Å². The van der Waals surface area contributed by atoms with Gasteiger partial charge in [-0.15, -0.1) is 0 Å². The van der Waals surface area contributed by atoms with Gasteiger partial charge in [0.15, 0.2) is 0 Å². The molecule has 4 nitrogen and oxygen atoms in total. The quantitative estimate of drug-likeness (QED) is 0.859. The first-order valence-corrected chi connectivity index (χ1v) is 7.45. The van der Waals surface area contributed by atoms with Gasteiger partial charge in [-0.25, -0.2) is 0 Å². The molecular formula is C13H21N3OS. The molecule has 0 aliphatic heterocycles. The Balaban J connectivity index is 2.89. The highest BCUT2D eigenvalue weighted by molar-refractivity contribution is 7.98. The van der Waals surface area contributed by atoms with Crippen LogP contribution < -0.4 is 5.32 Å². The number of pyridine rings is 1. The van der Waals surface area contributed by atoms with Gasteiger partial charge in [0.05, 0.1) is 11.3 Å². The molecule has 0 aromatic carbocycles. The Morgan fingerprint density at radius 2 is 2.33 bits per heavy atom. The summed E-state index contributed by atoms with van der Waals surface area (Å²) in [5.74, 6) is 0.944. The normalized spacial score (nSPS) is 12.0. The molecule has 0 aliphatic carbocycles. The largest absolute Gasteiger partial charge is 0.385 e. The highest BCUT2D eigenvalue weighted by atomic mass is 32.2. The number of anilines is 1. The van der Waals surface area contributed by atoms with Crippen molar-refractivity contribution in [3.63, 3.8) is 0 Å². The standard InChI is InChI=1S/C13H21N3OS/c1-5-15-12-6-7-14-8-11(12)13(17)16(3)10(2)9-18-4/h6-8,10H,5,9H2,1-4H3,(H,14,15). The van der Waals surface area contributed by atoms with Crippen molar-refractivity contribution in [3.8, 4) is 0 Å². The molecule has 1 atom stereocenters. The lowest BCUT2D eigenvalue weighted by molar-refractivity contribution is 0.0758. The van der Waals surface area contributed by atoms with Crippen LogP contribution in [-0.2, 0) is 0 Å². The Hall–Kier alpha value is -1.23. The number of hydrogen-bond acceptors (Lipinski definition) is 4. The van der Waals surface area contributed by atoms with E-state index in [2.05, 4.69) is 17.2 Å². The van der Waals surface area contributed by atoms with Crippen molar-refractivity contribution in [2.24, 2.45) is 0 Å². The Labute approximate surface area is 113 Å². The summed E-state index contributed by atoms with van der Waals surface area (Å²) in [4.78, 5) is 18.2. The second kappa shape index (κ2) is 7.26. The Morgan fingerprint density at radius 3 is 2.94 bits per heavy atom. The van der Waals surface area contributed by atoms with Crippen LogP contribution in [0.3, 0.4) is 0 Å². The van der Waals surface area contributed by atoms with E-state index in [1.165, 1.54) is 0 Å². The smallest absolute Gasteiger partial charge is 0.257 e. The molecule has 1 rings (SSSR count). The second-order valence-corrected chi connectivity index (χ2v) is 5.08. The lowest BCUT2D eigenvalue weighted by atomic mass is 10.2. The fourth-order valence-corrected chi connectivity index (χ4v) is 2.36. The van der Waals surface area contributed by atoms with Crippen molar-refractivity contribution in [1.29, 1.82) is 0 Å². The molecule has 100 valence electrons. The van der Waals surface area contributed by atoms with Gasteiger partial charge in [0.2, 0.25) is 0 Å². The van der Waals surface area contributed by atoms with Gasteiger partial charge in [0, 0.05) is 37.8 Å². The number of carbonyl (C=O) groups is 1.